The molecule has 2 aliphatic heterocycles. The van der Waals surface area contributed by atoms with Crippen LogP contribution in [0, 0.1) is 6.92 Å². The molecule has 0 saturated carbocycles. The number of nitrogens with zero attached hydrogens (tertiary/aromatic N) is 4. The van der Waals surface area contributed by atoms with E-state index in [0.29, 0.717) is 25.4 Å². The molecule has 0 spiro atoms. The van der Waals surface area contributed by atoms with Gasteiger partial charge in [0.1, 0.15) is 12.3 Å². The topological polar surface area (TPSA) is 77.5 Å². The van der Waals surface area contributed by atoms with Gasteiger partial charge in [-0.1, -0.05) is 29.8 Å². The Morgan fingerprint density at radius 3 is 2.38 bits per heavy atom. The van der Waals surface area contributed by atoms with Crippen molar-refractivity contribution < 1.29 is 14.3 Å². The van der Waals surface area contributed by atoms with Gasteiger partial charge in [0.25, 0.3) is 11.8 Å². The molecule has 0 aromatic heterocycles. The molecule has 8 nitrogen and oxygen atoms in total. The average Bonchev–Trinajstić information content (AvgIpc) is 2.82. The van der Waals surface area contributed by atoms with E-state index in [1.165, 1.54) is 10.6 Å². The van der Waals surface area contributed by atoms with Crippen molar-refractivity contribution in [2.75, 3.05) is 44.3 Å². The Labute approximate surface area is 188 Å². The lowest BCUT2D eigenvalue weighted by atomic mass is 10.2. The monoisotopic (exact) mass is 435 g/mol. The number of carbonyl (C=O) groups is 2. The van der Waals surface area contributed by atoms with E-state index in [0.717, 1.165) is 30.9 Å². The predicted molar refractivity (Wildman–Crippen MR) is 124 cm³/mol. The number of ether oxygens (including phenoxy) is 1. The molecule has 0 atom stereocenters. The molecule has 1 fully saturated rings. The van der Waals surface area contributed by atoms with Crippen LogP contribution in [0.2, 0.25) is 0 Å². The first kappa shape index (κ1) is 21.8. The number of anilines is 1. The highest BCUT2D eigenvalue weighted by atomic mass is 16.5. The van der Waals surface area contributed by atoms with Crippen LogP contribution in [0.5, 0.6) is 5.75 Å². The minimum absolute atomic E-state index is 0.0420. The summed E-state index contributed by atoms with van der Waals surface area (Å²) in [6, 6.07) is 15.7. The molecule has 0 unspecified atom stereocenters. The van der Waals surface area contributed by atoms with Crippen molar-refractivity contribution in [2.24, 2.45) is 4.99 Å². The van der Waals surface area contributed by atoms with Crippen molar-refractivity contribution in [3.05, 3.63) is 59.7 Å². The second-order valence-electron chi connectivity index (χ2n) is 7.99. The van der Waals surface area contributed by atoms with Crippen LogP contribution >= 0.6 is 0 Å². The Morgan fingerprint density at radius 1 is 1.03 bits per heavy atom. The number of hydrogen-bond donors (Lipinski definition) is 1. The van der Waals surface area contributed by atoms with E-state index in [-0.39, 0.29) is 24.2 Å². The van der Waals surface area contributed by atoms with Gasteiger partial charge >= 0.3 is 0 Å². The summed E-state index contributed by atoms with van der Waals surface area (Å²) in [6.07, 6.45) is 0. The van der Waals surface area contributed by atoms with Crippen LogP contribution in [-0.4, -0.2) is 66.8 Å². The average molecular weight is 436 g/mol. The quantitative estimate of drug-likeness (QED) is 0.751. The molecule has 1 saturated heterocycles. The number of amidine groups is 1. The molecule has 8 heteroatoms. The van der Waals surface area contributed by atoms with Crippen LogP contribution in [0.15, 0.2) is 53.5 Å². The molecule has 2 amide bonds. The Morgan fingerprint density at radius 2 is 1.72 bits per heavy atom. The second-order valence-corrected chi connectivity index (χ2v) is 7.99. The van der Waals surface area contributed by atoms with Crippen molar-refractivity contribution >= 4 is 23.3 Å². The van der Waals surface area contributed by atoms with E-state index < -0.39 is 0 Å². The van der Waals surface area contributed by atoms with Gasteiger partial charge in [0.05, 0.1) is 12.3 Å². The SMILES string of the molecule is CCOc1ccc(CN2CCN(C(=O)C3=NCC(=O)N(c4ccc(C)cc4)N3)CC2)cc1. The van der Waals surface area contributed by atoms with Crippen molar-refractivity contribution in [3.8, 4) is 5.75 Å². The summed E-state index contributed by atoms with van der Waals surface area (Å²) in [6.45, 7) is 8.22. The molecule has 2 aliphatic rings. The molecule has 4 rings (SSSR count). The minimum Gasteiger partial charge on any atom is -0.494 e. The number of hydrazine groups is 1. The van der Waals surface area contributed by atoms with E-state index >= 15 is 0 Å². The first-order chi connectivity index (χ1) is 15.5. The van der Waals surface area contributed by atoms with Crippen LogP contribution in [0.3, 0.4) is 0 Å². The predicted octanol–water partition coefficient (Wildman–Crippen LogP) is 1.99. The molecule has 2 heterocycles. The molecular weight excluding hydrogens is 406 g/mol. The van der Waals surface area contributed by atoms with E-state index in [9.17, 15) is 9.59 Å². The van der Waals surface area contributed by atoms with Gasteiger partial charge in [0, 0.05) is 32.7 Å². The molecule has 168 valence electrons. The number of nitrogens with one attached hydrogen (secondary N) is 1. The maximum absolute atomic E-state index is 13.0. The summed E-state index contributed by atoms with van der Waals surface area (Å²) in [5.74, 6) is 0.733. The van der Waals surface area contributed by atoms with Gasteiger partial charge in [0.2, 0.25) is 5.84 Å². The minimum atomic E-state index is -0.189. The Hall–Kier alpha value is -3.39. The fraction of sp³-hybridized carbons (Fsp3) is 0.375. The zero-order chi connectivity index (χ0) is 22.5. The second kappa shape index (κ2) is 9.82. The van der Waals surface area contributed by atoms with Gasteiger partial charge in [-0.3, -0.25) is 24.9 Å². The zero-order valence-corrected chi connectivity index (χ0v) is 18.6. The first-order valence-electron chi connectivity index (χ1n) is 11.0. The molecule has 0 bridgehead atoms. The summed E-state index contributed by atoms with van der Waals surface area (Å²) in [5.41, 5.74) is 5.94. The summed E-state index contributed by atoms with van der Waals surface area (Å²) in [7, 11) is 0. The van der Waals surface area contributed by atoms with E-state index in [1.807, 2.05) is 50.2 Å². The van der Waals surface area contributed by atoms with Crippen LogP contribution < -0.4 is 15.2 Å². The number of hydrogen-bond acceptors (Lipinski definition) is 6. The number of carbonyl (C=O) groups excluding carboxylic acids is 2. The smallest absolute Gasteiger partial charge is 0.290 e. The van der Waals surface area contributed by atoms with Crippen molar-refractivity contribution in [2.45, 2.75) is 20.4 Å². The molecule has 1 N–H and O–H groups in total. The van der Waals surface area contributed by atoms with Gasteiger partial charge in [-0.15, -0.1) is 0 Å². The number of piperazine rings is 1. The third-order valence-electron chi connectivity index (χ3n) is 5.63. The lowest BCUT2D eigenvalue weighted by Crippen LogP contribution is -2.58. The number of benzene rings is 2. The van der Waals surface area contributed by atoms with E-state index in [2.05, 4.69) is 27.5 Å². The number of rotatable bonds is 6. The summed E-state index contributed by atoms with van der Waals surface area (Å²) >= 11 is 0. The lowest BCUT2D eigenvalue weighted by molar-refractivity contribution is -0.126. The maximum Gasteiger partial charge on any atom is 0.290 e. The largest absolute Gasteiger partial charge is 0.494 e. The Bertz CT molecular complexity index is 980. The van der Waals surface area contributed by atoms with Crippen LogP contribution in [0.1, 0.15) is 18.1 Å². The van der Waals surface area contributed by atoms with Gasteiger partial charge in [0.15, 0.2) is 0 Å². The van der Waals surface area contributed by atoms with Gasteiger partial charge in [-0.2, -0.15) is 0 Å². The maximum atomic E-state index is 13.0. The molecule has 2 aromatic rings. The Balaban J connectivity index is 1.31. The standard InChI is InChI=1S/C24H29N5O3/c1-3-32-21-10-6-19(7-11-21)17-27-12-14-28(15-13-27)24(31)23-25-16-22(30)29(26-23)20-8-4-18(2)5-9-20/h4-11H,3,12-17H2,1-2H3,(H,25,26). The van der Waals surface area contributed by atoms with Crippen LogP contribution in [-0.2, 0) is 16.1 Å². The number of aliphatic imine (C=N–C) groups is 1. The normalized spacial score (nSPS) is 17.1. The molecule has 2 aromatic carbocycles. The zero-order valence-electron chi connectivity index (χ0n) is 18.6. The fourth-order valence-electron chi connectivity index (χ4n) is 3.81. The van der Waals surface area contributed by atoms with Gasteiger partial charge < -0.3 is 9.64 Å². The third kappa shape index (κ3) is 5.08. The third-order valence-corrected chi connectivity index (χ3v) is 5.63. The van der Waals surface area contributed by atoms with Gasteiger partial charge in [-0.25, -0.2) is 5.01 Å². The van der Waals surface area contributed by atoms with Crippen LogP contribution in [0.4, 0.5) is 5.69 Å². The first-order valence-corrected chi connectivity index (χ1v) is 11.0. The molecular formula is C24H29N5O3. The highest BCUT2D eigenvalue weighted by molar-refractivity contribution is 6.39. The summed E-state index contributed by atoms with van der Waals surface area (Å²) < 4.78 is 5.50. The molecule has 0 aliphatic carbocycles. The fourth-order valence-corrected chi connectivity index (χ4v) is 3.81. The van der Waals surface area contributed by atoms with E-state index in [4.69, 9.17) is 4.74 Å². The number of aryl methyl sites for hydroxylation is 1. The molecule has 32 heavy (non-hydrogen) atoms. The lowest BCUT2D eigenvalue weighted by Gasteiger charge is -2.36. The highest BCUT2D eigenvalue weighted by Gasteiger charge is 2.30. The van der Waals surface area contributed by atoms with E-state index in [1.54, 1.807) is 4.90 Å². The highest BCUT2D eigenvalue weighted by Crippen LogP contribution is 2.17. The van der Waals surface area contributed by atoms with Crippen molar-refractivity contribution in [1.29, 1.82) is 0 Å². The van der Waals surface area contributed by atoms with Crippen LogP contribution in [0.25, 0.3) is 0 Å². The summed E-state index contributed by atoms with van der Waals surface area (Å²) in [4.78, 5) is 33.6. The summed E-state index contributed by atoms with van der Waals surface area (Å²) in [5, 5.41) is 1.40. The number of amides is 2. The van der Waals surface area contributed by atoms with Crippen molar-refractivity contribution in [3.63, 3.8) is 0 Å². The Kier molecular flexibility index (Phi) is 6.70. The van der Waals surface area contributed by atoms with Gasteiger partial charge in [-0.05, 0) is 43.7 Å². The van der Waals surface area contributed by atoms with Crippen molar-refractivity contribution in [1.82, 2.24) is 15.2 Å². The molecule has 0 radical (unpaired) electrons.